The van der Waals surface area contributed by atoms with E-state index in [9.17, 15) is 10.1 Å². The molecule has 0 saturated carbocycles. The molecule has 0 radical (unpaired) electrons. The van der Waals surface area contributed by atoms with Crippen molar-refractivity contribution in [2.45, 2.75) is 6.92 Å². The Morgan fingerprint density at radius 3 is 2.79 bits per heavy atom. The second-order valence-electron chi connectivity index (χ2n) is 6.20. The van der Waals surface area contributed by atoms with Crippen molar-refractivity contribution in [3.63, 3.8) is 0 Å². The van der Waals surface area contributed by atoms with Gasteiger partial charge in [-0.05, 0) is 37.3 Å². The zero-order valence-corrected chi connectivity index (χ0v) is 15.7. The van der Waals surface area contributed by atoms with E-state index in [1.165, 1.54) is 0 Å². The number of pyridine rings is 1. The lowest BCUT2D eigenvalue weighted by Crippen LogP contribution is -2.32. The van der Waals surface area contributed by atoms with Crippen LogP contribution >= 0.6 is 0 Å². The first kappa shape index (κ1) is 19.0. The van der Waals surface area contributed by atoms with Gasteiger partial charge in [0.05, 0.1) is 23.9 Å². The minimum atomic E-state index is -0.339. The van der Waals surface area contributed by atoms with Gasteiger partial charge in [-0.25, -0.2) is 9.78 Å². The molecule has 0 saturated heterocycles. The first-order valence-corrected chi connectivity index (χ1v) is 8.84. The molecular weight excluding hydrogens is 354 g/mol. The average Bonchev–Trinajstić information content (AvgIpc) is 2.71. The van der Waals surface area contributed by atoms with Crippen LogP contribution in [0.4, 0.5) is 16.3 Å². The lowest BCUT2D eigenvalue weighted by molar-refractivity contribution is 0.252. The number of aromatic nitrogens is 1. The van der Waals surface area contributed by atoms with Gasteiger partial charge in [0, 0.05) is 18.5 Å². The van der Waals surface area contributed by atoms with E-state index in [1.54, 1.807) is 19.2 Å². The number of nitrogens with zero attached hydrogens (tertiary/aromatic N) is 2. The zero-order valence-electron chi connectivity index (χ0n) is 15.7. The van der Waals surface area contributed by atoms with E-state index in [0.717, 1.165) is 16.5 Å². The SMILES string of the molecule is COc1ccccc1NC(=O)NCCNc1nc2ccc(C)cc2cc1C#N. The second-order valence-corrected chi connectivity index (χ2v) is 6.20. The molecule has 142 valence electrons. The summed E-state index contributed by atoms with van der Waals surface area (Å²) in [7, 11) is 1.55. The van der Waals surface area contributed by atoms with Crippen molar-refractivity contribution in [1.82, 2.24) is 10.3 Å². The van der Waals surface area contributed by atoms with Gasteiger partial charge in [0.25, 0.3) is 0 Å². The highest BCUT2D eigenvalue weighted by Crippen LogP contribution is 2.23. The van der Waals surface area contributed by atoms with Gasteiger partial charge in [-0.15, -0.1) is 0 Å². The molecule has 0 unspecified atom stereocenters. The van der Waals surface area contributed by atoms with Gasteiger partial charge in [-0.3, -0.25) is 0 Å². The van der Waals surface area contributed by atoms with Gasteiger partial charge in [-0.2, -0.15) is 5.26 Å². The number of anilines is 2. The Labute approximate surface area is 163 Å². The third-order valence-corrected chi connectivity index (χ3v) is 4.15. The first-order valence-electron chi connectivity index (χ1n) is 8.84. The predicted octanol–water partition coefficient (Wildman–Crippen LogP) is 3.66. The molecule has 0 aliphatic rings. The number of fused-ring (bicyclic) bond motifs is 1. The highest BCUT2D eigenvalue weighted by Gasteiger charge is 2.08. The van der Waals surface area contributed by atoms with Gasteiger partial charge in [0.1, 0.15) is 17.6 Å². The minimum absolute atomic E-state index is 0.339. The number of hydrogen-bond donors (Lipinski definition) is 3. The van der Waals surface area contributed by atoms with Crippen LogP contribution < -0.4 is 20.7 Å². The molecule has 1 heterocycles. The Hall–Kier alpha value is -3.79. The number of methoxy groups -OCH3 is 1. The van der Waals surface area contributed by atoms with Crippen molar-refractivity contribution in [1.29, 1.82) is 5.26 Å². The predicted molar refractivity (Wildman–Crippen MR) is 110 cm³/mol. The summed E-state index contributed by atoms with van der Waals surface area (Å²) in [5.74, 6) is 1.09. The number of amides is 2. The number of ether oxygens (including phenoxy) is 1. The molecule has 0 fully saturated rings. The molecule has 0 spiro atoms. The number of carbonyl (C=O) groups is 1. The number of nitrogens with one attached hydrogen (secondary N) is 3. The van der Waals surface area contributed by atoms with E-state index in [1.807, 2.05) is 43.3 Å². The van der Waals surface area contributed by atoms with Crippen LogP contribution in [-0.4, -0.2) is 31.2 Å². The first-order chi connectivity index (χ1) is 13.6. The Morgan fingerprint density at radius 2 is 2.00 bits per heavy atom. The van der Waals surface area contributed by atoms with Crippen LogP contribution in [0.2, 0.25) is 0 Å². The molecule has 7 heteroatoms. The Balaban J connectivity index is 1.57. The van der Waals surface area contributed by atoms with Crippen LogP contribution in [0, 0.1) is 18.3 Å². The number of rotatable bonds is 6. The third-order valence-electron chi connectivity index (χ3n) is 4.15. The zero-order chi connectivity index (χ0) is 19.9. The molecular formula is C21H21N5O2. The van der Waals surface area contributed by atoms with Crippen molar-refractivity contribution in [2.75, 3.05) is 30.8 Å². The molecule has 0 aliphatic carbocycles. The number of hydrogen-bond acceptors (Lipinski definition) is 5. The van der Waals surface area contributed by atoms with Crippen LogP contribution in [0.3, 0.4) is 0 Å². The molecule has 0 bridgehead atoms. The van der Waals surface area contributed by atoms with E-state index in [4.69, 9.17) is 4.74 Å². The van der Waals surface area contributed by atoms with Crippen LogP contribution in [0.1, 0.15) is 11.1 Å². The van der Waals surface area contributed by atoms with E-state index in [-0.39, 0.29) is 6.03 Å². The molecule has 3 rings (SSSR count). The van der Waals surface area contributed by atoms with Gasteiger partial charge >= 0.3 is 6.03 Å². The maximum absolute atomic E-state index is 12.0. The van der Waals surface area contributed by atoms with Crippen LogP contribution in [0.15, 0.2) is 48.5 Å². The van der Waals surface area contributed by atoms with Crippen LogP contribution in [0.5, 0.6) is 5.75 Å². The molecule has 2 aromatic carbocycles. The monoisotopic (exact) mass is 375 g/mol. The molecule has 2 amide bonds. The lowest BCUT2D eigenvalue weighted by atomic mass is 10.1. The second kappa shape index (κ2) is 8.73. The van der Waals surface area contributed by atoms with Gasteiger partial charge in [-0.1, -0.05) is 23.8 Å². The molecule has 3 N–H and O–H groups in total. The average molecular weight is 375 g/mol. The number of benzene rings is 2. The van der Waals surface area contributed by atoms with E-state index in [2.05, 4.69) is 27.0 Å². The van der Waals surface area contributed by atoms with E-state index < -0.39 is 0 Å². The van der Waals surface area contributed by atoms with Crippen molar-refractivity contribution >= 4 is 28.4 Å². The highest BCUT2D eigenvalue weighted by molar-refractivity contribution is 5.91. The van der Waals surface area contributed by atoms with E-state index >= 15 is 0 Å². The maximum Gasteiger partial charge on any atom is 0.319 e. The molecule has 7 nitrogen and oxygen atoms in total. The third kappa shape index (κ3) is 4.48. The fourth-order valence-electron chi connectivity index (χ4n) is 2.79. The maximum atomic E-state index is 12.0. The van der Waals surface area contributed by atoms with Gasteiger partial charge in [0.2, 0.25) is 0 Å². The Kier molecular flexibility index (Phi) is 5.92. The number of para-hydroxylation sites is 2. The quantitative estimate of drug-likeness (QED) is 0.571. The number of aryl methyl sites for hydroxylation is 1. The summed E-state index contributed by atoms with van der Waals surface area (Å²) in [6.07, 6.45) is 0. The summed E-state index contributed by atoms with van der Waals surface area (Å²) in [4.78, 5) is 16.6. The minimum Gasteiger partial charge on any atom is -0.495 e. The van der Waals surface area contributed by atoms with Crippen molar-refractivity contribution in [3.05, 3.63) is 59.7 Å². The molecule has 0 aliphatic heterocycles. The molecule has 3 aromatic rings. The van der Waals surface area contributed by atoms with Gasteiger partial charge < -0.3 is 20.7 Å². The van der Waals surface area contributed by atoms with Crippen molar-refractivity contribution in [3.8, 4) is 11.8 Å². The fraction of sp³-hybridized carbons (Fsp3) is 0.190. The summed E-state index contributed by atoms with van der Waals surface area (Å²) in [6.45, 7) is 2.79. The summed E-state index contributed by atoms with van der Waals surface area (Å²) >= 11 is 0. The normalized spacial score (nSPS) is 10.2. The Bertz CT molecular complexity index is 1040. The number of nitriles is 1. The largest absolute Gasteiger partial charge is 0.495 e. The molecule has 0 atom stereocenters. The van der Waals surface area contributed by atoms with E-state index in [0.29, 0.717) is 35.9 Å². The summed E-state index contributed by atoms with van der Waals surface area (Å²) in [6, 6.07) is 16.7. The summed E-state index contributed by atoms with van der Waals surface area (Å²) in [5, 5.41) is 18.9. The molecule has 28 heavy (non-hydrogen) atoms. The summed E-state index contributed by atoms with van der Waals surface area (Å²) < 4.78 is 5.20. The lowest BCUT2D eigenvalue weighted by Gasteiger charge is -2.12. The highest BCUT2D eigenvalue weighted by atomic mass is 16.5. The van der Waals surface area contributed by atoms with Crippen molar-refractivity contribution < 1.29 is 9.53 Å². The van der Waals surface area contributed by atoms with Gasteiger partial charge in [0.15, 0.2) is 0 Å². The number of carbonyl (C=O) groups excluding carboxylic acids is 1. The standard InChI is InChI=1S/C21H21N5O2/c1-14-7-8-17-15(11-14)12-16(13-22)20(25-17)23-9-10-24-21(27)26-18-5-3-4-6-19(18)28-2/h3-8,11-12H,9-10H2,1-2H3,(H,23,25)(H2,24,26,27). The smallest absolute Gasteiger partial charge is 0.319 e. The summed E-state index contributed by atoms with van der Waals surface area (Å²) in [5.41, 5.74) is 2.99. The Morgan fingerprint density at radius 1 is 1.18 bits per heavy atom. The van der Waals surface area contributed by atoms with Crippen LogP contribution in [0.25, 0.3) is 10.9 Å². The fourth-order valence-corrected chi connectivity index (χ4v) is 2.79. The topological polar surface area (TPSA) is 99.1 Å². The van der Waals surface area contributed by atoms with Crippen LogP contribution in [-0.2, 0) is 0 Å². The number of urea groups is 1. The molecule has 1 aromatic heterocycles. The van der Waals surface area contributed by atoms with Crippen molar-refractivity contribution in [2.24, 2.45) is 0 Å².